The number of amides is 1. The van der Waals surface area contributed by atoms with Crippen molar-refractivity contribution in [1.82, 2.24) is 14.2 Å². The lowest BCUT2D eigenvalue weighted by Gasteiger charge is -2.45. The summed E-state index contributed by atoms with van der Waals surface area (Å²) in [6, 6.07) is 1.66. The van der Waals surface area contributed by atoms with Gasteiger partial charge in [0.2, 0.25) is 10.0 Å². The van der Waals surface area contributed by atoms with Gasteiger partial charge in [-0.2, -0.15) is 4.31 Å². The van der Waals surface area contributed by atoms with E-state index in [4.69, 9.17) is 4.74 Å². The molecule has 2 fully saturated rings. The number of aromatic amines is 1. The maximum absolute atomic E-state index is 12.5. The lowest BCUT2D eigenvalue weighted by Crippen LogP contribution is -2.57. The van der Waals surface area contributed by atoms with E-state index in [0.717, 1.165) is 12.8 Å². The van der Waals surface area contributed by atoms with Crippen molar-refractivity contribution in [2.24, 2.45) is 0 Å². The second kappa shape index (κ2) is 6.50. The zero-order valence-corrected chi connectivity index (χ0v) is 15.0. The first-order valence-electron chi connectivity index (χ1n) is 8.28. The fourth-order valence-corrected chi connectivity index (χ4v) is 5.94. The van der Waals surface area contributed by atoms with E-state index in [9.17, 15) is 13.2 Å². The van der Waals surface area contributed by atoms with Gasteiger partial charge in [-0.05, 0) is 31.7 Å². The van der Waals surface area contributed by atoms with Gasteiger partial charge in [-0.15, -0.1) is 0 Å². The molecule has 0 aliphatic carbocycles. The summed E-state index contributed by atoms with van der Waals surface area (Å²) in [6.07, 6.45) is 7.70. The van der Waals surface area contributed by atoms with Crippen molar-refractivity contribution in [1.29, 1.82) is 0 Å². The monoisotopic (exact) mass is 355 g/mol. The minimum Gasteiger partial charge on any atom is -0.383 e. The number of hydrogen-bond donors (Lipinski definition) is 1. The van der Waals surface area contributed by atoms with Crippen molar-refractivity contribution in [3.8, 4) is 0 Å². The number of piperidine rings is 1. The minimum atomic E-state index is -3.32. The number of likely N-dealkylation sites (tertiary alicyclic amines) is 1. The smallest absolute Gasteiger partial charge is 0.255 e. The second-order valence-electron chi connectivity index (χ2n) is 6.82. The molecule has 1 unspecified atom stereocenters. The van der Waals surface area contributed by atoms with E-state index in [1.54, 1.807) is 29.9 Å². The Morgan fingerprint density at radius 2 is 2.08 bits per heavy atom. The number of ether oxygens (including phenoxy) is 1. The van der Waals surface area contributed by atoms with Crippen molar-refractivity contribution in [3.63, 3.8) is 0 Å². The van der Waals surface area contributed by atoms with Gasteiger partial charge in [0, 0.05) is 44.2 Å². The van der Waals surface area contributed by atoms with Gasteiger partial charge in [0.25, 0.3) is 5.91 Å². The molecule has 1 N–H and O–H groups in total. The van der Waals surface area contributed by atoms with Gasteiger partial charge in [0.1, 0.15) is 0 Å². The maximum Gasteiger partial charge on any atom is 0.255 e. The molecule has 2 aliphatic heterocycles. The summed E-state index contributed by atoms with van der Waals surface area (Å²) in [4.78, 5) is 17.2. The summed E-state index contributed by atoms with van der Waals surface area (Å²) in [7, 11) is -1.72. The van der Waals surface area contributed by atoms with Gasteiger partial charge in [-0.1, -0.05) is 0 Å². The number of carbonyl (C=O) groups is 1. The molecule has 3 rings (SSSR count). The third-order valence-electron chi connectivity index (χ3n) is 5.28. The molecule has 0 bridgehead atoms. The number of aromatic nitrogens is 1. The SMILES string of the molecule is COCC1CCC2(CCN(C(=O)c3cc[nH]c3)CC2)N1S(C)(=O)=O. The van der Waals surface area contributed by atoms with Crippen molar-refractivity contribution < 1.29 is 17.9 Å². The van der Waals surface area contributed by atoms with E-state index < -0.39 is 10.0 Å². The molecule has 1 spiro atoms. The van der Waals surface area contributed by atoms with Crippen LogP contribution in [0.25, 0.3) is 0 Å². The Balaban J connectivity index is 1.75. The average Bonchev–Trinajstić information content (AvgIpc) is 3.16. The Bertz CT molecular complexity index is 678. The van der Waals surface area contributed by atoms with Gasteiger partial charge >= 0.3 is 0 Å². The van der Waals surface area contributed by atoms with Crippen LogP contribution in [0.2, 0.25) is 0 Å². The van der Waals surface area contributed by atoms with Crippen LogP contribution in [0.15, 0.2) is 18.5 Å². The van der Waals surface area contributed by atoms with Crippen LogP contribution in [0, 0.1) is 0 Å². The summed E-state index contributed by atoms with van der Waals surface area (Å²) in [6.45, 7) is 1.58. The van der Waals surface area contributed by atoms with E-state index in [0.29, 0.717) is 38.1 Å². The predicted molar refractivity (Wildman–Crippen MR) is 90.2 cm³/mol. The lowest BCUT2D eigenvalue weighted by atomic mass is 9.86. The highest BCUT2D eigenvalue weighted by atomic mass is 32.2. The highest BCUT2D eigenvalue weighted by molar-refractivity contribution is 7.88. The fourth-order valence-electron chi connectivity index (χ4n) is 4.25. The molecule has 1 aromatic rings. The van der Waals surface area contributed by atoms with Crippen molar-refractivity contribution in [2.45, 2.75) is 37.3 Å². The molecule has 3 heterocycles. The molecule has 7 nitrogen and oxygen atoms in total. The van der Waals surface area contributed by atoms with Crippen LogP contribution >= 0.6 is 0 Å². The Morgan fingerprint density at radius 1 is 1.38 bits per heavy atom. The molecule has 0 radical (unpaired) electrons. The largest absolute Gasteiger partial charge is 0.383 e. The van der Waals surface area contributed by atoms with Crippen LogP contribution in [-0.2, 0) is 14.8 Å². The summed E-state index contributed by atoms with van der Waals surface area (Å²) >= 11 is 0. The normalized spacial score (nSPS) is 24.6. The molecule has 24 heavy (non-hydrogen) atoms. The molecule has 1 atom stereocenters. The molecule has 2 saturated heterocycles. The van der Waals surface area contributed by atoms with Gasteiger partial charge < -0.3 is 14.6 Å². The Hall–Kier alpha value is -1.38. The topological polar surface area (TPSA) is 82.7 Å². The molecular formula is C16H25N3O4S. The van der Waals surface area contributed by atoms with Crippen molar-refractivity contribution in [2.75, 3.05) is 33.1 Å². The van der Waals surface area contributed by atoms with Gasteiger partial charge in [-0.3, -0.25) is 4.79 Å². The maximum atomic E-state index is 12.5. The Morgan fingerprint density at radius 3 is 2.62 bits per heavy atom. The minimum absolute atomic E-state index is 0.00319. The quantitative estimate of drug-likeness (QED) is 0.875. The van der Waals surface area contributed by atoms with Gasteiger partial charge in [-0.25, -0.2) is 8.42 Å². The number of sulfonamides is 1. The Labute approximate surface area is 143 Å². The Kier molecular flexibility index (Phi) is 4.72. The lowest BCUT2D eigenvalue weighted by molar-refractivity contribution is 0.0504. The summed E-state index contributed by atoms with van der Waals surface area (Å²) in [5.41, 5.74) is 0.278. The third kappa shape index (κ3) is 3.10. The first-order valence-corrected chi connectivity index (χ1v) is 10.1. The molecule has 134 valence electrons. The number of hydrogen-bond acceptors (Lipinski definition) is 4. The zero-order valence-electron chi connectivity index (χ0n) is 14.2. The molecule has 2 aliphatic rings. The zero-order chi connectivity index (χ0) is 17.4. The number of nitrogens with one attached hydrogen (secondary N) is 1. The second-order valence-corrected chi connectivity index (χ2v) is 8.68. The van der Waals surface area contributed by atoms with Crippen LogP contribution in [0.5, 0.6) is 0 Å². The summed E-state index contributed by atoms with van der Waals surface area (Å²) in [5.74, 6) is 0.00319. The highest BCUT2D eigenvalue weighted by Gasteiger charge is 2.52. The van der Waals surface area contributed by atoms with Crippen molar-refractivity contribution >= 4 is 15.9 Å². The van der Waals surface area contributed by atoms with Crippen molar-refractivity contribution in [3.05, 3.63) is 24.0 Å². The average molecular weight is 355 g/mol. The van der Waals surface area contributed by atoms with Crippen LogP contribution < -0.4 is 0 Å². The molecule has 1 amide bonds. The molecular weight excluding hydrogens is 330 g/mol. The first kappa shape index (κ1) is 17.4. The van der Waals surface area contributed by atoms with Gasteiger partial charge in [0.05, 0.1) is 18.4 Å². The molecule has 1 aromatic heterocycles. The third-order valence-corrected chi connectivity index (χ3v) is 6.68. The van der Waals surface area contributed by atoms with Crippen LogP contribution in [0.1, 0.15) is 36.0 Å². The number of methoxy groups -OCH3 is 1. The highest BCUT2D eigenvalue weighted by Crippen LogP contribution is 2.43. The number of nitrogens with zero attached hydrogens (tertiary/aromatic N) is 2. The number of carbonyl (C=O) groups excluding carboxylic acids is 1. The number of H-pyrrole nitrogens is 1. The van der Waals surface area contributed by atoms with Gasteiger partial charge in [0.15, 0.2) is 0 Å². The van der Waals surface area contributed by atoms with Crippen LogP contribution in [-0.4, -0.2) is 73.2 Å². The fraction of sp³-hybridized carbons (Fsp3) is 0.688. The standard InChI is InChI=1S/C16H25N3O4S/c1-23-12-14-3-5-16(19(14)24(2,21)22)6-9-18(10-7-16)15(20)13-4-8-17-11-13/h4,8,11,14,17H,3,5-7,9-10,12H2,1-2H3. The van der Waals surface area contributed by atoms with E-state index in [1.807, 2.05) is 4.90 Å². The van der Waals surface area contributed by atoms with E-state index in [-0.39, 0.29) is 17.5 Å². The number of rotatable bonds is 4. The van der Waals surface area contributed by atoms with Crippen LogP contribution in [0.3, 0.4) is 0 Å². The van der Waals surface area contributed by atoms with E-state index in [1.165, 1.54) is 6.26 Å². The van der Waals surface area contributed by atoms with E-state index in [2.05, 4.69) is 4.98 Å². The first-order chi connectivity index (χ1) is 11.4. The molecule has 0 saturated carbocycles. The molecule has 8 heteroatoms. The summed E-state index contributed by atoms with van der Waals surface area (Å²) < 4.78 is 31.6. The summed E-state index contributed by atoms with van der Waals surface area (Å²) in [5, 5.41) is 0. The molecule has 0 aromatic carbocycles. The van der Waals surface area contributed by atoms with Crippen LogP contribution in [0.4, 0.5) is 0 Å². The predicted octanol–water partition coefficient (Wildman–Crippen LogP) is 1.06. The van der Waals surface area contributed by atoms with E-state index >= 15 is 0 Å².